The molecular weight excluding hydrogens is 352 g/mol. The Balaban J connectivity index is 1.86. The van der Waals surface area contributed by atoms with Crippen molar-refractivity contribution in [2.45, 2.75) is 26.0 Å². The van der Waals surface area contributed by atoms with Gasteiger partial charge in [-0.1, -0.05) is 30.3 Å². The molecule has 142 valence electrons. The molecule has 0 heterocycles. The zero-order valence-electron chi connectivity index (χ0n) is 15.0. The van der Waals surface area contributed by atoms with Gasteiger partial charge in [-0.25, -0.2) is 0 Å². The van der Waals surface area contributed by atoms with Gasteiger partial charge in [0.05, 0.1) is 18.5 Å². The average molecular weight is 372 g/mol. The van der Waals surface area contributed by atoms with E-state index in [1.807, 2.05) is 12.1 Å². The highest BCUT2D eigenvalue weighted by Gasteiger charge is 2.21. The minimum Gasteiger partial charge on any atom is -0.497 e. The molecule has 0 saturated heterocycles. The number of esters is 1. The summed E-state index contributed by atoms with van der Waals surface area (Å²) in [5.74, 6) is -0.458. The van der Waals surface area contributed by atoms with E-state index < -0.39 is 22.9 Å². The second-order valence-electron chi connectivity index (χ2n) is 5.76. The highest BCUT2D eigenvalue weighted by molar-refractivity contribution is 5.84. The first-order valence-corrected chi connectivity index (χ1v) is 8.23. The third kappa shape index (κ3) is 5.81. The largest absolute Gasteiger partial charge is 0.497 e. The van der Waals surface area contributed by atoms with Gasteiger partial charge in [0.1, 0.15) is 5.75 Å². The highest BCUT2D eigenvalue weighted by atomic mass is 16.6. The fourth-order valence-corrected chi connectivity index (χ4v) is 2.36. The van der Waals surface area contributed by atoms with Crippen molar-refractivity contribution in [1.82, 2.24) is 5.32 Å². The van der Waals surface area contributed by atoms with Crippen LogP contribution in [0.2, 0.25) is 0 Å². The van der Waals surface area contributed by atoms with Crippen LogP contribution in [0.15, 0.2) is 48.5 Å². The summed E-state index contributed by atoms with van der Waals surface area (Å²) < 4.78 is 10.1. The first-order chi connectivity index (χ1) is 12.9. The van der Waals surface area contributed by atoms with E-state index in [0.29, 0.717) is 5.75 Å². The van der Waals surface area contributed by atoms with Crippen molar-refractivity contribution < 1.29 is 24.0 Å². The number of carbonyl (C=O) groups excluding carboxylic acids is 2. The number of ether oxygens (including phenoxy) is 2. The van der Waals surface area contributed by atoms with E-state index in [1.165, 1.54) is 25.1 Å². The molecule has 1 N–H and O–H groups in total. The Bertz CT molecular complexity index is 819. The summed E-state index contributed by atoms with van der Waals surface area (Å²) in [7, 11) is 1.57. The molecule has 8 nitrogen and oxygen atoms in total. The lowest BCUT2D eigenvalue weighted by atomic mass is 10.1. The fourth-order valence-electron chi connectivity index (χ4n) is 2.36. The number of amides is 1. The summed E-state index contributed by atoms with van der Waals surface area (Å²) >= 11 is 0. The van der Waals surface area contributed by atoms with Crippen LogP contribution in [0.4, 0.5) is 5.69 Å². The second-order valence-corrected chi connectivity index (χ2v) is 5.76. The summed E-state index contributed by atoms with van der Waals surface area (Å²) in [4.78, 5) is 34.5. The van der Waals surface area contributed by atoms with Crippen LogP contribution in [0, 0.1) is 10.1 Å². The molecule has 0 bridgehead atoms. The van der Waals surface area contributed by atoms with Gasteiger partial charge in [0.25, 0.3) is 11.6 Å². The van der Waals surface area contributed by atoms with Gasteiger partial charge in [-0.3, -0.25) is 19.7 Å². The maximum Gasteiger partial charge on any atom is 0.311 e. The maximum atomic E-state index is 12.1. The number of hydrogen-bond acceptors (Lipinski definition) is 6. The fraction of sp³-hybridized carbons (Fsp3) is 0.263. The van der Waals surface area contributed by atoms with E-state index in [2.05, 4.69) is 5.32 Å². The van der Waals surface area contributed by atoms with Crippen LogP contribution in [0.3, 0.4) is 0 Å². The molecule has 0 aliphatic carbocycles. The Kier molecular flexibility index (Phi) is 6.87. The van der Waals surface area contributed by atoms with Gasteiger partial charge in [-0.2, -0.15) is 0 Å². The normalized spacial score (nSPS) is 11.3. The minimum atomic E-state index is -1.02. The molecule has 0 radical (unpaired) electrons. The predicted octanol–water partition coefficient (Wildman–Crippen LogP) is 2.39. The zero-order valence-corrected chi connectivity index (χ0v) is 15.0. The van der Waals surface area contributed by atoms with Gasteiger partial charge >= 0.3 is 5.97 Å². The number of methoxy groups -OCH3 is 1. The Labute approximate surface area is 156 Å². The Morgan fingerprint density at radius 3 is 2.44 bits per heavy atom. The van der Waals surface area contributed by atoms with E-state index in [9.17, 15) is 19.7 Å². The summed E-state index contributed by atoms with van der Waals surface area (Å²) in [6, 6.07) is 13.1. The molecule has 0 fully saturated rings. The summed E-state index contributed by atoms with van der Waals surface area (Å²) in [6.07, 6.45) is -1.30. The van der Waals surface area contributed by atoms with Crippen LogP contribution in [-0.4, -0.2) is 30.0 Å². The molecular formula is C19H20N2O6. The molecule has 1 amide bonds. The molecule has 0 spiro atoms. The minimum absolute atomic E-state index is 0.161. The average Bonchev–Trinajstić information content (AvgIpc) is 2.66. The molecule has 0 aromatic heterocycles. The summed E-state index contributed by atoms with van der Waals surface area (Å²) in [5, 5.41) is 13.6. The van der Waals surface area contributed by atoms with Crippen molar-refractivity contribution in [3.05, 3.63) is 69.8 Å². The molecule has 0 aliphatic heterocycles. The molecule has 2 rings (SSSR count). The van der Waals surface area contributed by atoms with E-state index in [4.69, 9.17) is 9.47 Å². The Hall–Kier alpha value is -3.42. The molecule has 0 aliphatic rings. The summed E-state index contributed by atoms with van der Waals surface area (Å²) in [6.45, 7) is 1.72. The van der Waals surface area contributed by atoms with Crippen LogP contribution >= 0.6 is 0 Å². The van der Waals surface area contributed by atoms with Crippen molar-refractivity contribution in [3.8, 4) is 5.75 Å². The smallest absolute Gasteiger partial charge is 0.311 e. The number of hydrogen-bond donors (Lipinski definition) is 1. The van der Waals surface area contributed by atoms with Gasteiger partial charge < -0.3 is 14.8 Å². The number of carbonyl (C=O) groups is 2. The van der Waals surface area contributed by atoms with Crippen LogP contribution in [0.25, 0.3) is 0 Å². The molecule has 8 heteroatoms. The quantitative estimate of drug-likeness (QED) is 0.433. The third-order valence-electron chi connectivity index (χ3n) is 3.83. The molecule has 2 aromatic carbocycles. The Morgan fingerprint density at radius 1 is 1.15 bits per heavy atom. The van der Waals surface area contributed by atoms with Gasteiger partial charge in [0.2, 0.25) is 0 Å². The lowest BCUT2D eigenvalue weighted by molar-refractivity contribution is -0.385. The standard InChI is InChI=1S/C19H20N2O6/c1-13(19(23)20-12-14-7-9-16(26-2)10-8-14)27-18(22)11-15-5-3-4-6-17(15)21(24)25/h3-10,13H,11-12H2,1-2H3,(H,20,23)/t13-/m0/s1. The molecule has 1 atom stereocenters. The second kappa shape index (κ2) is 9.33. The third-order valence-corrected chi connectivity index (χ3v) is 3.83. The van der Waals surface area contributed by atoms with E-state index in [0.717, 1.165) is 5.56 Å². The number of nitro groups is 1. The number of nitro benzene ring substituents is 1. The van der Waals surface area contributed by atoms with Crippen molar-refractivity contribution in [2.24, 2.45) is 0 Å². The van der Waals surface area contributed by atoms with Crippen molar-refractivity contribution in [3.63, 3.8) is 0 Å². The first-order valence-electron chi connectivity index (χ1n) is 8.23. The van der Waals surface area contributed by atoms with Gasteiger partial charge in [0.15, 0.2) is 6.10 Å². The van der Waals surface area contributed by atoms with Crippen LogP contribution < -0.4 is 10.1 Å². The van der Waals surface area contributed by atoms with Gasteiger partial charge in [0, 0.05) is 18.2 Å². The van der Waals surface area contributed by atoms with Crippen molar-refractivity contribution in [1.29, 1.82) is 0 Å². The van der Waals surface area contributed by atoms with Crippen LogP contribution in [0.1, 0.15) is 18.1 Å². The molecule has 0 saturated carbocycles. The number of para-hydroxylation sites is 1. The van der Waals surface area contributed by atoms with E-state index in [-0.39, 0.29) is 24.2 Å². The summed E-state index contributed by atoms with van der Waals surface area (Å²) in [5.41, 5.74) is 0.937. The molecule has 27 heavy (non-hydrogen) atoms. The molecule has 0 unspecified atom stereocenters. The monoisotopic (exact) mass is 372 g/mol. The predicted molar refractivity (Wildman–Crippen MR) is 97.2 cm³/mol. The van der Waals surface area contributed by atoms with Gasteiger partial charge in [-0.05, 0) is 24.6 Å². The highest BCUT2D eigenvalue weighted by Crippen LogP contribution is 2.18. The first kappa shape index (κ1) is 19.9. The lowest BCUT2D eigenvalue weighted by Gasteiger charge is -2.14. The van der Waals surface area contributed by atoms with Crippen LogP contribution in [0.5, 0.6) is 5.75 Å². The number of rotatable bonds is 8. The number of benzene rings is 2. The Morgan fingerprint density at radius 2 is 1.81 bits per heavy atom. The maximum absolute atomic E-state index is 12.1. The lowest BCUT2D eigenvalue weighted by Crippen LogP contribution is -2.35. The van der Waals surface area contributed by atoms with Crippen molar-refractivity contribution in [2.75, 3.05) is 7.11 Å². The number of nitrogens with one attached hydrogen (secondary N) is 1. The SMILES string of the molecule is COc1ccc(CNC(=O)[C@H](C)OC(=O)Cc2ccccc2[N+](=O)[O-])cc1. The van der Waals surface area contributed by atoms with E-state index in [1.54, 1.807) is 25.3 Å². The zero-order chi connectivity index (χ0) is 19.8. The van der Waals surface area contributed by atoms with Gasteiger partial charge in [-0.15, -0.1) is 0 Å². The number of nitrogens with zero attached hydrogens (tertiary/aromatic N) is 1. The van der Waals surface area contributed by atoms with Crippen molar-refractivity contribution >= 4 is 17.6 Å². The van der Waals surface area contributed by atoms with Crippen LogP contribution in [-0.2, 0) is 27.3 Å². The molecule has 2 aromatic rings. The van der Waals surface area contributed by atoms with E-state index >= 15 is 0 Å². The topological polar surface area (TPSA) is 108 Å².